The molecule has 4 aliphatic rings. The minimum Gasteiger partial charge on any atom is -0.297 e. The number of hydrogen-bond acceptors (Lipinski definition) is 5. The first-order valence-electron chi connectivity index (χ1n) is 6.80. The molecule has 0 aromatic carbocycles. The Kier molecular flexibility index (Phi) is 2.95. The average molecular weight is 334 g/mol. The van der Waals surface area contributed by atoms with E-state index in [1.807, 2.05) is 11.8 Å². The van der Waals surface area contributed by atoms with Gasteiger partial charge in [-0.05, 0) is 48.3 Å². The standard InChI is InChI=1S/C16H14O2S3/c1-15-13(3-9(5-17)20-15)11-7-19-8-12(11)14-4-10(6-18)21-16(14,15)2/h3-6H,7-8H2,1-2H3/t15-,16-/m1/s1. The lowest BCUT2D eigenvalue weighted by atomic mass is 9.72. The van der Waals surface area contributed by atoms with Crippen molar-refractivity contribution in [3.63, 3.8) is 0 Å². The van der Waals surface area contributed by atoms with Crippen LogP contribution < -0.4 is 0 Å². The lowest BCUT2D eigenvalue weighted by molar-refractivity contribution is -0.105. The zero-order chi connectivity index (χ0) is 14.8. The topological polar surface area (TPSA) is 34.1 Å². The predicted octanol–water partition coefficient (Wildman–Crippen LogP) is 3.52. The summed E-state index contributed by atoms with van der Waals surface area (Å²) in [7, 11) is 0. The summed E-state index contributed by atoms with van der Waals surface area (Å²) >= 11 is 5.23. The summed E-state index contributed by atoms with van der Waals surface area (Å²) in [6.45, 7) is 4.45. The second-order valence-electron chi connectivity index (χ2n) is 5.88. The molecule has 5 heteroatoms. The number of fused-ring (bicyclic) bond motifs is 4. The monoisotopic (exact) mass is 334 g/mol. The molecule has 1 aliphatic carbocycles. The van der Waals surface area contributed by atoms with E-state index in [0.29, 0.717) is 0 Å². The number of hydrogen-bond donors (Lipinski definition) is 0. The van der Waals surface area contributed by atoms with Crippen LogP contribution >= 0.6 is 35.3 Å². The average Bonchev–Trinajstić information content (AvgIpc) is 3.13. The second kappa shape index (κ2) is 4.43. The van der Waals surface area contributed by atoms with Gasteiger partial charge in [0.15, 0.2) is 12.6 Å². The van der Waals surface area contributed by atoms with Gasteiger partial charge in [0, 0.05) is 21.3 Å². The minimum absolute atomic E-state index is 0.172. The predicted molar refractivity (Wildman–Crippen MR) is 91.7 cm³/mol. The van der Waals surface area contributed by atoms with Crippen LogP contribution in [0, 0.1) is 0 Å². The SMILES string of the molecule is C[C@@]12SC(C=O)=CC1=C1CSCC1=C1C=C(C=O)S[C@]12C. The number of carbonyl (C=O) groups excluding carboxylic acids is 2. The maximum Gasteiger partial charge on any atom is 0.156 e. The molecule has 0 unspecified atom stereocenters. The molecule has 0 amide bonds. The zero-order valence-electron chi connectivity index (χ0n) is 11.8. The summed E-state index contributed by atoms with van der Waals surface area (Å²) in [6, 6.07) is 0. The van der Waals surface area contributed by atoms with Gasteiger partial charge in [-0.15, -0.1) is 23.5 Å². The Balaban J connectivity index is 2.00. The van der Waals surface area contributed by atoms with E-state index in [-0.39, 0.29) is 9.49 Å². The van der Waals surface area contributed by atoms with E-state index in [0.717, 1.165) is 33.9 Å². The fourth-order valence-corrected chi connectivity index (χ4v) is 7.69. The molecule has 21 heavy (non-hydrogen) atoms. The molecule has 0 bridgehead atoms. The largest absolute Gasteiger partial charge is 0.297 e. The zero-order valence-corrected chi connectivity index (χ0v) is 14.2. The van der Waals surface area contributed by atoms with E-state index in [2.05, 4.69) is 26.0 Å². The van der Waals surface area contributed by atoms with E-state index in [4.69, 9.17) is 0 Å². The Morgan fingerprint density at radius 2 is 1.33 bits per heavy atom. The minimum atomic E-state index is -0.172. The molecule has 0 radical (unpaired) electrons. The van der Waals surface area contributed by atoms with E-state index in [1.54, 1.807) is 23.5 Å². The molecular formula is C16H14O2S3. The van der Waals surface area contributed by atoms with Crippen LogP contribution in [0.25, 0.3) is 0 Å². The van der Waals surface area contributed by atoms with Crippen LogP contribution in [0.5, 0.6) is 0 Å². The first-order valence-corrected chi connectivity index (χ1v) is 9.59. The molecule has 3 aliphatic heterocycles. The summed E-state index contributed by atoms with van der Waals surface area (Å²) in [5, 5.41) is 0. The Labute approximate surface area is 136 Å². The van der Waals surface area contributed by atoms with Gasteiger partial charge in [-0.25, -0.2) is 0 Å². The van der Waals surface area contributed by atoms with E-state index in [1.165, 1.54) is 22.3 Å². The van der Waals surface area contributed by atoms with Gasteiger partial charge in [0.05, 0.1) is 9.49 Å². The summed E-state index contributed by atoms with van der Waals surface area (Å²) in [5.41, 5.74) is 5.38. The van der Waals surface area contributed by atoms with Gasteiger partial charge >= 0.3 is 0 Å². The van der Waals surface area contributed by atoms with Crippen LogP contribution in [0.3, 0.4) is 0 Å². The van der Waals surface area contributed by atoms with Crippen molar-refractivity contribution >= 4 is 47.9 Å². The van der Waals surface area contributed by atoms with Crippen molar-refractivity contribution in [2.45, 2.75) is 23.3 Å². The number of carbonyl (C=O) groups is 2. The van der Waals surface area contributed by atoms with Crippen LogP contribution in [0.1, 0.15) is 13.8 Å². The first kappa shape index (κ1) is 14.0. The van der Waals surface area contributed by atoms with Crippen molar-refractivity contribution in [2.75, 3.05) is 11.5 Å². The molecule has 3 heterocycles. The Morgan fingerprint density at radius 1 is 0.905 bits per heavy atom. The Hall–Kier alpha value is -0.650. The molecule has 4 rings (SSSR count). The van der Waals surface area contributed by atoms with E-state index >= 15 is 0 Å². The van der Waals surface area contributed by atoms with Crippen LogP contribution in [0.4, 0.5) is 0 Å². The van der Waals surface area contributed by atoms with Gasteiger partial charge < -0.3 is 0 Å². The number of rotatable bonds is 2. The molecule has 1 fully saturated rings. The lowest BCUT2D eigenvalue weighted by Crippen LogP contribution is -2.47. The number of thioether (sulfide) groups is 3. The molecule has 2 atom stereocenters. The highest BCUT2D eigenvalue weighted by Gasteiger charge is 2.59. The third kappa shape index (κ3) is 1.60. The molecule has 0 saturated carbocycles. The molecule has 108 valence electrons. The summed E-state index contributed by atoms with van der Waals surface area (Å²) in [5.74, 6) is 2.02. The fourth-order valence-electron chi connectivity index (χ4n) is 3.69. The third-order valence-electron chi connectivity index (χ3n) is 4.90. The Morgan fingerprint density at radius 3 is 1.71 bits per heavy atom. The highest BCUT2D eigenvalue weighted by Crippen LogP contribution is 2.67. The van der Waals surface area contributed by atoms with Gasteiger partial charge in [0.25, 0.3) is 0 Å². The first-order chi connectivity index (χ1) is 10.0. The molecule has 0 aromatic heterocycles. The maximum atomic E-state index is 11.3. The molecule has 0 spiro atoms. The van der Waals surface area contributed by atoms with E-state index in [9.17, 15) is 9.59 Å². The quantitative estimate of drug-likeness (QED) is 0.722. The van der Waals surface area contributed by atoms with Gasteiger partial charge in [-0.1, -0.05) is 0 Å². The molecule has 2 nitrogen and oxygen atoms in total. The van der Waals surface area contributed by atoms with Crippen molar-refractivity contribution in [1.82, 2.24) is 0 Å². The second-order valence-corrected chi connectivity index (χ2v) is 9.85. The van der Waals surface area contributed by atoms with Crippen LogP contribution in [0.15, 0.2) is 44.3 Å². The van der Waals surface area contributed by atoms with Crippen molar-refractivity contribution < 1.29 is 9.59 Å². The molecule has 1 saturated heterocycles. The van der Waals surface area contributed by atoms with Crippen LogP contribution in [-0.2, 0) is 9.59 Å². The third-order valence-corrected chi connectivity index (χ3v) is 8.98. The van der Waals surface area contributed by atoms with E-state index < -0.39 is 0 Å². The van der Waals surface area contributed by atoms with Crippen LogP contribution in [-0.4, -0.2) is 33.6 Å². The number of allylic oxidation sites excluding steroid dienone is 4. The van der Waals surface area contributed by atoms with Gasteiger partial charge in [-0.3, -0.25) is 9.59 Å². The lowest BCUT2D eigenvalue weighted by Gasteiger charge is -2.46. The molecule has 0 N–H and O–H groups in total. The van der Waals surface area contributed by atoms with Gasteiger partial charge in [0.2, 0.25) is 0 Å². The van der Waals surface area contributed by atoms with Crippen molar-refractivity contribution in [1.29, 1.82) is 0 Å². The molecule has 0 aromatic rings. The highest BCUT2D eigenvalue weighted by atomic mass is 32.2. The summed E-state index contributed by atoms with van der Waals surface area (Å²) in [6.07, 6.45) is 6.06. The van der Waals surface area contributed by atoms with Crippen molar-refractivity contribution in [3.8, 4) is 0 Å². The summed E-state index contributed by atoms with van der Waals surface area (Å²) < 4.78 is -0.345. The highest BCUT2D eigenvalue weighted by molar-refractivity contribution is 8.10. The Bertz CT molecular complexity index is 653. The number of aldehydes is 2. The normalized spacial score (nSPS) is 37.0. The summed E-state index contributed by atoms with van der Waals surface area (Å²) in [4.78, 5) is 24.2. The maximum absolute atomic E-state index is 11.3. The molecular weight excluding hydrogens is 320 g/mol. The van der Waals surface area contributed by atoms with Crippen molar-refractivity contribution in [3.05, 3.63) is 44.3 Å². The fraction of sp³-hybridized carbons (Fsp3) is 0.375. The van der Waals surface area contributed by atoms with Gasteiger partial charge in [-0.2, -0.15) is 11.8 Å². The smallest absolute Gasteiger partial charge is 0.156 e. The van der Waals surface area contributed by atoms with Crippen LogP contribution in [0.2, 0.25) is 0 Å². The van der Waals surface area contributed by atoms with Gasteiger partial charge in [0.1, 0.15) is 0 Å². The van der Waals surface area contributed by atoms with Crippen molar-refractivity contribution in [2.24, 2.45) is 0 Å².